The molecule has 1 aliphatic heterocycles. The van der Waals surface area contributed by atoms with Gasteiger partial charge in [-0.2, -0.15) is 5.10 Å². The third-order valence-electron chi connectivity index (χ3n) is 4.71. The highest BCUT2D eigenvalue weighted by Crippen LogP contribution is 2.22. The normalized spacial score (nSPS) is 17.3. The number of rotatable bonds is 5. The molecular weight excluding hydrogens is 326 g/mol. The summed E-state index contributed by atoms with van der Waals surface area (Å²) in [5.74, 6) is 0.0620. The zero-order valence-electron chi connectivity index (χ0n) is 14.5. The molecule has 6 nitrogen and oxygen atoms in total. The summed E-state index contributed by atoms with van der Waals surface area (Å²) < 4.78 is 1.68. The quantitative estimate of drug-likeness (QED) is 0.771. The highest BCUT2D eigenvalue weighted by molar-refractivity contribution is 5.95. The Bertz CT molecular complexity index is 846. The largest absolute Gasteiger partial charge is 0.325 e. The van der Waals surface area contributed by atoms with Gasteiger partial charge in [-0.3, -0.25) is 9.69 Å². The van der Waals surface area contributed by atoms with E-state index in [4.69, 9.17) is 0 Å². The number of aromatic nitrogens is 3. The second kappa shape index (κ2) is 7.49. The Labute approximate surface area is 152 Å². The van der Waals surface area contributed by atoms with Crippen molar-refractivity contribution >= 4 is 11.6 Å². The van der Waals surface area contributed by atoms with Crippen LogP contribution in [0.25, 0.3) is 5.69 Å². The molecule has 2 aromatic carbocycles. The van der Waals surface area contributed by atoms with Gasteiger partial charge in [0.15, 0.2) is 0 Å². The Hall–Kier alpha value is -2.99. The minimum atomic E-state index is -0.0785. The predicted molar refractivity (Wildman–Crippen MR) is 99.9 cm³/mol. The molecule has 0 radical (unpaired) electrons. The van der Waals surface area contributed by atoms with Gasteiger partial charge in [0.05, 0.1) is 11.7 Å². The second-order valence-electron chi connectivity index (χ2n) is 6.49. The third kappa shape index (κ3) is 3.65. The highest BCUT2D eigenvalue weighted by atomic mass is 16.2. The van der Waals surface area contributed by atoms with E-state index in [9.17, 15) is 4.79 Å². The lowest BCUT2D eigenvalue weighted by Crippen LogP contribution is -2.39. The monoisotopic (exact) mass is 347 g/mol. The van der Waals surface area contributed by atoms with Crippen LogP contribution in [0.3, 0.4) is 0 Å². The van der Waals surface area contributed by atoms with Crippen LogP contribution in [0.4, 0.5) is 5.69 Å². The molecule has 6 heteroatoms. The number of hydrogen-bond donors (Lipinski definition) is 1. The minimum absolute atomic E-state index is 0.0620. The molecule has 4 rings (SSSR count). The molecule has 0 aliphatic carbocycles. The van der Waals surface area contributed by atoms with Gasteiger partial charge in [0.1, 0.15) is 12.7 Å². The number of anilines is 1. The van der Waals surface area contributed by atoms with Crippen LogP contribution in [0.5, 0.6) is 0 Å². The van der Waals surface area contributed by atoms with Gasteiger partial charge < -0.3 is 5.32 Å². The van der Waals surface area contributed by atoms with Crippen molar-refractivity contribution < 1.29 is 4.79 Å². The Kier molecular flexibility index (Phi) is 4.75. The lowest BCUT2D eigenvalue weighted by Gasteiger charge is -2.23. The Morgan fingerprint density at radius 1 is 1.12 bits per heavy atom. The number of nitrogens with zero attached hydrogens (tertiary/aromatic N) is 4. The molecule has 1 atom stereocenters. The SMILES string of the molecule is O=C(Nc1ccc(-n2cncn2)cc1)C1CCCN1Cc1ccccc1. The number of amides is 1. The number of carbonyl (C=O) groups excluding carboxylic acids is 1. The van der Waals surface area contributed by atoms with Gasteiger partial charge in [-0.15, -0.1) is 0 Å². The summed E-state index contributed by atoms with van der Waals surface area (Å²) in [6.07, 6.45) is 5.09. The van der Waals surface area contributed by atoms with Crippen LogP contribution in [-0.4, -0.2) is 38.2 Å². The maximum Gasteiger partial charge on any atom is 0.241 e. The van der Waals surface area contributed by atoms with Crippen LogP contribution in [0, 0.1) is 0 Å². The van der Waals surface area contributed by atoms with Crippen molar-refractivity contribution in [2.45, 2.75) is 25.4 Å². The maximum absolute atomic E-state index is 12.7. The molecule has 1 unspecified atom stereocenters. The van der Waals surface area contributed by atoms with Crippen molar-refractivity contribution in [2.75, 3.05) is 11.9 Å². The van der Waals surface area contributed by atoms with Crippen LogP contribution in [0.2, 0.25) is 0 Å². The van der Waals surface area contributed by atoms with E-state index in [0.29, 0.717) is 0 Å². The predicted octanol–water partition coefficient (Wildman–Crippen LogP) is 2.87. The molecule has 3 aromatic rings. The second-order valence-corrected chi connectivity index (χ2v) is 6.49. The Morgan fingerprint density at radius 3 is 2.65 bits per heavy atom. The highest BCUT2D eigenvalue weighted by Gasteiger charge is 2.30. The molecule has 0 spiro atoms. The van der Waals surface area contributed by atoms with Crippen LogP contribution in [0.15, 0.2) is 67.3 Å². The van der Waals surface area contributed by atoms with E-state index in [0.717, 1.165) is 37.3 Å². The van der Waals surface area contributed by atoms with Crippen molar-refractivity contribution in [1.82, 2.24) is 19.7 Å². The van der Waals surface area contributed by atoms with E-state index < -0.39 is 0 Å². The van der Waals surface area contributed by atoms with Crippen LogP contribution >= 0.6 is 0 Å². The summed E-state index contributed by atoms with van der Waals surface area (Å²) in [5.41, 5.74) is 2.95. The summed E-state index contributed by atoms with van der Waals surface area (Å²) in [4.78, 5) is 18.9. The molecule has 1 N–H and O–H groups in total. The van der Waals surface area contributed by atoms with Gasteiger partial charge in [-0.25, -0.2) is 9.67 Å². The molecule has 1 saturated heterocycles. The molecular formula is C20H21N5O. The average molecular weight is 347 g/mol. The van der Waals surface area contributed by atoms with Gasteiger partial charge in [0, 0.05) is 12.2 Å². The van der Waals surface area contributed by atoms with Crippen LogP contribution in [-0.2, 0) is 11.3 Å². The molecule has 1 aromatic heterocycles. The summed E-state index contributed by atoms with van der Waals surface area (Å²) in [5, 5.41) is 7.15. The number of carbonyl (C=O) groups is 1. The number of likely N-dealkylation sites (tertiary alicyclic amines) is 1. The molecule has 1 amide bonds. The van der Waals surface area contributed by atoms with Crippen LogP contribution in [0.1, 0.15) is 18.4 Å². The first kappa shape index (κ1) is 16.5. The lowest BCUT2D eigenvalue weighted by molar-refractivity contribution is -0.120. The van der Waals surface area contributed by atoms with Crippen molar-refractivity contribution in [2.24, 2.45) is 0 Å². The first-order valence-electron chi connectivity index (χ1n) is 8.83. The molecule has 0 saturated carbocycles. The van der Waals surface area contributed by atoms with Gasteiger partial charge >= 0.3 is 0 Å². The first-order chi connectivity index (χ1) is 12.8. The molecule has 2 heterocycles. The minimum Gasteiger partial charge on any atom is -0.325 e. The number of benzene rings is 2. The van der Waals surface area contributed by atoms with Gasteiger partial charge in [0.25, 0.3) is 0 Å². The van der Waals surface area contributed by atoms with E-state index in [2.05, 4.69) is 32.4 Å². The zero-order chi connectivity index (χ0) is 17.8. The fraction of sp³-hybridized carbons (Fsp3) is 0.250. The van der Waals surface area contributed by atoms with Crippen molar-refractivity contribution in [3.8, 4) is 5.69 Å². The number of nitrogens with one attached hydrogen (secondary N) is 1. The van der Waals surface area contributed by atoms with Crippen molar-refractivity contribution in [3.05, 3.63) is 72.8 Å². The van der Waals surface area contributed by atoms with E-state index in [1.807, 2.05) is 42.5 Å². The van der Waals surface area contributed by atoms with E-state index in [-0.39, 0.29) is 11.9 Å². The van der Waals surface area contributed by atoms with E-state index in [1.165, 1.54) is 11.9 Å². The first-order valence-corrected chi connectivity index (χ1v) is 8.83. The Balaban J connectivity index is 1.40. The fourth-order valence-electron chi connectivity index (χ4n) is 3.39. The number of hydrogen-bond acceptors (Lipinski definition) is 4. The molecule has 1 fully saturated rings. The molecule has 26 heavy (non-hydrogen) atoms. The van der Waals surface area contributed by atoms with Crippen molar-refractivity contribution in [3.63, 3.8) is 0 Å². The smallest absolute Gasteiger partial charge is 0.241 e. The van der Waals surface area contributed by atoms with Gasteiger partial charge in [-0.1, -0.05) is 30.3 Å². The standard InChI is InChI=1S/C20H21N5O/c26-20(19-7-4-12-24(19)13-16-5-2-1-3-6-16)23-17-8-10-18(11-9-17)25-15-21-14-22-25/h1-3,5-6,8-11,14-15,19H,4,7,12-13H2,(H,23,26). The Morgan fingerprint density at radius 2 is 1.92 bits per heavy atom. The summed E-state index contributed by atoms with van der Waals surface area (Å²) in [6.45, 7) is 1.77. The molecule has 0 bridgehead atoms. The molecule has 1 aliphatic rings. The summed E-state index contributed by atoms with van der Waals surface area (Å²) in [6, 6.07) is 17.9. The van der Waals surface area contributed by atoms with Crippen molar-refractivity contribution in [1.29, 1.82) is 0 Å². The van der Waals surface area contributed by atoms with E-state index in [1.54, 1.807) is 11.0 Å². The summed E-state index contributed by atoms with van der Waals surface area (Å²) >= 11 is 0. The lowest BCUT2D eigenvalue weighted by atomic mass is 10.1. The van der Waals surface area contributed by atoms with Gasteiger partial charge in [0.2, 0.25) is 5.91 Å². The fourth-order valence-corrected chi connectivity index (χ4v) is 3.39. The third-order valence-corrected chi connectivity index (χ3v) is 4.71. The molecule has 132 valence electrons. The summed E-state index contributed by atoms with van der Waals surface area (Å²) in [7, 11) is 0. The average Bonchev–Trinajstić information content (AvgIpc) is 3.35. The zero-order valence-corrected chi connectivity index (χ0v) is 14.5. The van der Waals surface area contributed by atoms with Crippen LogP contribution < -0.4 is 5.32 Å². The van der Waals surface area contributed by atoms with Gasteiger partial charge in [-0.05, 0) is 49.2 Å². The topological polar surface area (TPSA) is 63.1 Å². The van der Waals surface area contributed by atoms with E-state index >= 15 is 0 Å². The maximum atomic E-state index is 12.7.